The number of phenolic OH excluding ortho intramolecular Hbond substituents is 1. The van der Waals surface area contributed by atoms with Crippen molar-refractivity contribution in [2.45, 2.75) is 25.8 Å². The molecule has 1 unspecified atom stereocenters. The molecule has 0 amide bonds. The lowest BCUT2D eigenvalue weighted by molar-refractivity contribution is 0.175. The average Bonchev–Trinajstić information content (AvgIpc) is 2.36. The summed E-state index contributed by atoms with van der Waals surface area (Å²) in [6.45, 7) is 4.80. The van der Waals surface area contributed by atoms with Crippen molar-refractivity contribution < 1.29 is 14.9 Å². The van der Waals surface area contributed by atoms with Gasteiger partial charge < -0.3 is 20.3 Å². The molecule has 17 heavy (non-hydrogen) atoms. The third kappa shape index (κ3) is 3.11. The summed E-state index contributed by atoms with van der Waals surface area (Å²) in [5.74, 6) is 0.521. The van der Waals surface area contributed by atoms with Gasteiger partial charge in [0.05, 0.1) is 19.3 Å². The molecule has 96 valence electrons. The zero-order valence-corrected chi connectivity index (χ0v) is 10.7. The lowest BCUT2D eigenvalue weighted by atomic mass is 9.92. The molecule has 3 N–H and O–H groups in total. The van der Waals surface area contributed by atoms with Gasteiger partial charge in [0.15, 0.2) is 11.5 Å². The minimum absolute atomic E-state index is 0.0130. The zero-order chi connectivity index (χ0) is 12.9. The molecule has 0 aliphatic carbocycles. The average molecular weight is 239 g/mol. The van der Waals surface area contributed by atoms with Crippen LogP contribution < -0.4 is 10.1 Å². The Balaban J connectivity index is 3.02. The Morgan fingerprint density at radius 1 is 1.41 bits per heavy atom. The first kappa shape index (κ1) is 13.8. The zero-order valence-electron chi connectivity index (χ0n) is 10.7. The highest BCUT2D eigenvalue weighted by Crippen LogP contribution is 2.31. The van der Waals surface area contributed by atoms with Crippen LogP contribution in [-0.2, 0) is 5.54 Å². The molecule has 0 aromatic heterocycles. The number of aliphatic hydroxyl groups is 1. The SMILES string of the molecule is CCCNC(C)(CO)c1ccc(O)c(OC)c1. The van der Waals surface area contributed by atoms with Crippen LogP contribution >= 0.6 is 0 Å². The normalized spacial score (nSPS) is 14.4. The second-order valence-electron chi connectivity index (χ2n) is 4.30. The minimum atomic E-state index is -0.517. The first-order chi connectivity index (χ1) is 8.07. The number of hydrogen-bond donors (Lipinski definition) is 3. The molecule has 0 saturated carbocycles. The molecular weight excluding hydrogens is 218 g/mol. The predicted molar refractivity (Wildman–Crippen MR) is 67.4 cm³/mol. The lowest BCUT2D eigenvalue weighted by Crippen LogP contribution is -2.43. The van der Waals surface area contributed by atoms with Gasteiger partial charge in [0, 0.05) is 0 Å². The molecule has 0 radical (unpaired) electrons. The molecule has 0 fully saturated rings. The summed E-state index contributed by atoms with van der Waals surface area (Å²) in [5.41, 5.74) is 0.375. The maximum Gasteiger partial charge on any atom is 0.160 e. The van der Waals surface area contributed by atoms with E-state index in [1.165, 1.54) is 7.11 Å². The second kappa shape index (κ2) is 5.89. The number of methoxy groups -OCH3 is 1. The van der Waals surface area contributed by atoms with Crippen LogP contribution in [0.25, 0.3) is 0 Å². The van der Waals surface area contributed by atoms with Gasteiger partial charge in [-0.1, -0.05) is 13.0 Å². The van der Waals surface area contributed by atoms with E-state index in [1.807, 2.05) is 6.92 Å². The molecule has 1 atom stereocenters. The summed E-state index contributed by atoms with van der Waals surface area (Å²) >= 11 is 0. The lowest BCUT2D eigenvalue weighted by Gasteiger charge is -2.29. The van der Waals surface area contributed by atoms with Crippen molar-refractivity contribution in [1.82, 2.24) is 5.32 Å². The van der Waals surface area contributed by atoms with E-state index < -0.39 is 5.54 Å². The van der Waals surface area contributed by atoms with E-state index in [-0.39, 0.29) is 12.4 Å². The number of phenols is 1. The Hall–Kier alpha value is -1.26. The van der Waals surface area contributed by atoms with Crippen LogP contribution in [0.5, 0.6) is 11.5 Å². The summed E-state index contributed by atoms with van der Waals surface area (Å²) in [4.78, 5) is 0. The van der Waals surface area contributed by atoms with Crippen molar-refractivity contribution in [3.05, 3.63) is 23.8 Å². The molecule has 1 rings (SSSR count). The van der Waals surface area contributed by atoms with E-state index in [1.54, 1.807) is 18.2 Å². The van der Waals surface area contributed by atoms with E-state index in [9.17, 15) is 10.2 Å². The number of nitrogens with one attached hydrogen (secondary N) is 1. The molecule has 4 nitrogen and oxygen atoms in total. The Kier molecular flexibility index (Phi) is 4.78. The van der Waals surface area contributed by atoms with Gasteiger partial charge in [-0.3, -0.25) is 0 Å². The molecule has 0 aliphatic rings. The molecule has 0 heterocycles. The standard InChI is InChI=1S/C13H21NO3/c1-4-7-14-13(2,9-15)10-5-6-11(16)12(8-10)17-3/h5-6,8,14-16H,4,7,9H2,1-3H3. The van der Waals surface area contributed by atoms with Gasteiger partial charge in [-0.05, 0) is 37.6 Å². The number of aliphatic hydroxyl groups excluding tert-OH is 1. The van der Waals surface area contributed by atoms with E-state index >= 15 is 0 Å². The maximum absolute atomic E-state index is 9.54. The van der Waals surface area contributed by atoms with Gasteiger partial charge in [-0.25, -0.2) is 0 Å². The van der Waals surface area contributed by atoms with Gasteiger partial charge in [-0.15, -0.1) is 0 Å². The van der Waals surface area contributed by atoms with Crippen LogP contribution in [0.1, 0.15) is 25.8 Å². The quantitative estimate of drug-likeness (QED) is 0.705. The molecule has 1 aromatic rings. The van der Waals surface area contributed by atoms with Crippen LogP contribution in [0, 0.1) is 0 Å². The molecule has 1 aromatic carbocycles. The third-order valence-electron chi connectivity index (χ3n) is 2.90. The maximum atomic E-state index is 9.54. The van der Waals surface area contributed by atoms with Crippen molar-refractivity contribution in [3.8, 4) is 11.5 Å². The van der Waals surface area contributed by atoms with Gasteiger partial charge >= 0.3 is 0 Å². The highest BCUT2D eigenvalue weighted by atomic mass is 16.5. The van der Waals surface area contributed by atoms with Crippen molar-refractivity contribution in [1.29, 1.82) is 0 Å². The summed E-state index contributed by atoms with van der Waals surface area (Å²) in [6, 6.07) is 5.11. The predicted octanol–water partition coefficient (Wildman–Crippen LogP) is 1.61. The number of aromatic hydroxyl groups is 1. The van der Waals surface area contributed by atoms with Gasteiger partial charge in [0.1, 0.15) is 0 Å². The van der Waals surface area contributed by atoms with Crippen LogP contribution in [0.4, 0.5) is 0 Å². The fraction of sp³-hybridized carbons (Fsp3) is 0.538. The fourth-order valence-corrected chi connectivity index (χ4v) is 1.67. The fourth-order valence-electron chi connectivity index (χ4n) is 1.67. The topological polar surface area (TPSA) is 61.7 Å². The summed E-state index contributed by atoms with van der Waals surface area (Å²) < 4.78 is 5.07. The van der Waals surface area contributed by atoms with Gasteiger partial charge in [-0.2, -0.15) is 0 Å². The summed E-state index contributed by atoms with van der Waals surface area (Å²) in [7, 11) is 1.51. The largest absolute Gasteiger partial charge is 0.504 e. The molecular formula is C13H21NO3. The highest BCUT2D eigenvalue weighted by molar-refractivity contribution is 5.43. The van der Waals surface area contributed by atoms with E-state index in [2.05, 4.69) is 12.2 Å². The first-order valence-electron chi connectivity index (χ1n) is 5.80. The van der Waals surface area contributed by atoms with Crippen molar-refractivity contribution in [2.24, 2.45) is 0 Å². The summed E-state index contributed by atoms with van der Waals surface area (Å²) in [5, 5.41) is 22.4. The molecule has 4 heteroatoms. The number of ether oxygens (including phenoxy) is 1. The molecule has 0 saturated heterocycles. The molecule has 0 spiro atoms. The molecule has 0 aliphatic heterocycles. The van der Waals surface area contributed by atoms with Crippen LogP contribution in [0.3, 0.4) is 0 Å². The number of hydrogen-bond acceptors (Lipinski definition) is 4. The third-order valence-corrected chi connectivity index (χ3v) is 2.90. The highest BCUT2D eigenvalue weighted by Gasteiger charge is 2.25. The van der Waals surface area contributed by atoms with E-state index in [0.29, 0.717) is 5.75 Å². The Morgan fingerprint density at radius 2 is 2.12 bits per heavy atom. The summed E-state index contributed by atoms with van der Waals surface area (Å²) in [6.07, 6.45) is 0.991. The number of benzene rings is 1. The second-order valence-corrected chi connectivity index (χ2v) is 4.30. The Labute approximate surface area is 102 Å². The monoisotopic (exact) mass is 239 g/mol. The number of rotatable bonds is 6. The smallest absolute Gasteiger partial charge is 0.160 e. The minimum Gasteiger partial charge on any atom is -0.504 e. The molecule has 0 bridgehead atoms. The van der Waals surface area contributed by atoms with Crippen molar-refractivity contribution in [3.63, 3.8) is 0 Å². The van der Waals surface area contributed by atoms with Crippen LogP contribution in [0.2, 0.25) is 0 Å². The first-order valence-corrected chi connectivity index (χ1v) is 5.80. The van der Waals surface area contributed by atoms with E-state index in [0.717, 1.165) is 18.5 Å². The Morgan fingerprint density at radius 3 is 2.65 bits per heavy atom. The Bertz CT molecular complexity index is 368. The van der Waals surface area contributed by atoms with Crippen LogP contribution in [0.15, 0.2) is 18.2 Å². The van der Waals surface area contributed by atoms with Gasteiger partial charge in [0.2, 0.25) is 0 Å². The van der Waals surface area contributed by atoms with Gasteiger partial charge in [0.25, 0.3) is 0 Å². The van der Waals surface area contributed by atoms with Crippen LogP contribution in [-0.4, -0.2) is 30.5 Å². The van der Waals surface area contributed by atoms with Crippen molar-refractivity contribution >= 4 is 0 Å². The van der Waals surface area contributed by atoms with E-state index in [4.69, 9.17) is 4.74 Å². The van der Waals surface area contributed by atoms with Crippen molar-refractivity contribution in [2.75, 3.05) is 20.3 Å².